The molecule has 0 radical (unpaired) electrons. The number of hydrogen-bond donors (Lipinski definition) is 2. The third-order valence-corrected chi connectivity index (χ3v) is 6.29. The first kappa shape index (κ1) is 17.3. The van der Waals surface area contributed by atoms with Gasteiger partial charge >= 0.3 is 0 Å². The van der Waals surface area contributed by atoms with Gasteiger partial charge in [0.1, 0.15) is 0 Å². The van der Waals surface area contributed by atoms with Crippen LogP contribution >= 0.6 is 0 Å². The summed E-state index contributed by atoms with van der Waals surface area (Å²) in [5.41, 5.74) is 12.8. The van der Waals surface area contributed by atoms with Gasteiger partial charge in [0.05, 0.1) is 5.84 Å². The number of allylic oxidation sites excluding steroid dienone is 4. The van der Waals surface area contributed by atoms with Crippen LogP contribution in [0.2, 0.25) is 0 Å². The van der Waals surface area contributed by atoms with Crippen LogP contribution in [0.15, 0.2) is 28.3 Å². The van der Waals surface area contributed by atoms with Crippen molar-refractivity contribution in [1.29, 1.82) is 0 Å². The van der Waals surface area contributed by atoms with Crippen molar-refractivity contribution in [3.05, 3.63) is 45.8 Å². The normalized spacial score (nSPS) is 24.3. The number of aromatic amines is 1. The van der Waals surface area contributed by atoms with Crippen LogP contribution in [0.1, 0.15) is 73.8 Å². The summed E-state index contributed by atoms with van der Waals surface area (Å²) >= 11 is 0. The minimum atomic E-state index is -0.149. The summed E-state index contributed by atoms with van der Waals surface area (Å²) in [6, 6.07) is 0. The number of H-pyrrole nitrogens is 1. The zero-order valence-electron chi connectivity index (χ0n) is 16.1. The van der Waals surface area contributed by atoms with Crippen molar-refractivity contribution in [2.75, 3.05) is 6.54 Å². The third-order valence-electron chi connectivity index (χ3n) is 6.29. The van der Waals surface area contributed by atoms with E-state index >= 15 is 0 Å². The molecule has 0 saturated heterocycles. The van der Waals surface area contributed by atoms with Crippen LogP contribution in [0.5, 0.6) is 0 Å². The van der Waals surface area contributed by atoms with E-state index in [4.69, 9.17) is 5.73 Å². The Morgan fingerprint density at radius 3 is 2.96 bits per heavy atom. The second kappa shape index (κ2) is 6.26. The lowest BCUT2D eigenvalue weighted by Crippen LogP contribution is -2.32. The van der Waals surface area contributed by atoms with Crippen molar-refractivity contribution in [3.8, 4) is 0 Å². The van der Waals surface area contributed by atoms with E-state index in [2.05, 4.69) is 42.9 Å². The number of nitrogens with one attached hydrogen (secondary N) is 1. The maximum absolute atomic E-state index is 13.3. The fourth-order valence-corrected chi connectivity index (χ4v) is 4.82. The molecule has 3 aliphatic rings. The van der Waals surface area contributed by atoms with E-state index in [1.54, 1.807) is 0 Å². The number of nitrogens with two attached hydrogens (primary N) is 1. The number of nitrogens with zero attached hydrogens (tertiary/aromatic N) is 1. The molecule has 0 aliphatic heterocycles. The first-order valence-corrected chi connectivity index (χ1v) is 9.94. The molecule has 1 heterocycles. The van der Waals surface area contributed by atoms with Crippen molar-refractivity contribution < 1.29 is 4.79 Å². The number of aromatic nitrogens is 1. The van der Waals surface area contributed by atoms with Gasteiger partial charge in [-0.25, -0.2) is 0 Å². The van der Waals surface area contributed by atoms with E-state index in [0.29, 0.717) is 0 Å². The van der Waals surface area contributed by atoms with E-state index in [1.165, 1.54) is 16.8 Å². The molecule has 1 unspecified atom stereocenters. The summed E-state index contributed by atoms with van der Waals surface area (Å²) < 4.78 is 0. The number of amidine groups is 1. The van der Waals surface area contributed by atoms with Crippen molar-refractivity contribution in [3.63, 3.8) is 0 Å². The molecule has 0 spiro atoms. The SMILES string of the molecule is CCCN=C(N)C1CCc2c([nH]c3c2C(=O)C2=C(C=CCC2)C3(C)C)C1. The number of ketones is 1. The molecular formula is C22H29N3O. The van der Waals surface area contributed by atoms with Crippen LogP contribution in [0.4, 0.5) is 0 Å². The smallest absolute Gasteiger partial charge is 0.191 e. The second-order valence-electron chi connectivity index (χ2n) is 8.37. The van der Waals surface area contributed by atoms with Crippen LogP contribution < -0.4 is 5.73 Å². The van der Waals surface area contributed by atoms with E-state index < -0.39 is 0 Å². The Labute approximate surface area is 155 Å². The Kier molecular flexibility index (Phi) is 4.17. The highest BCUT2D eigenvalue weighted by molar-refractivity contribution is 6.13. The lowest BCUT2D eigenvalue weighted by atomic mass is 9.68. The molecule has 3 aliphatic carbocycles. The van der Waals surface area contributed by atoms with E-state index in [0.717, 1.165) is 67.7 Å². The third kappa shape index (κ3) is 2.50. The Bertz CT molecular complexity index is 851. The fourth-order valence-electron chi connectivity index (χ4n) is 4.82. The summed E-state index contributed by atoms with van der Waals surface area (Å²) in [6.07, 6.45) is 9.97. The van der Waals surface area contributed by atoms with Crippen molar-refractivity contribution >= 4 is 11.6 Å². The summed E-state index contributed by atoms with van der Waals surface area (Å²) in [5.74, 6) is 1.31. The lowest BCUT2D eigenvalue weighted by Gasteiger charge is -2.35. The summed E-state index contributed by atoms with van der Waals surface area (Å²) in [6.45, 7) is 7.39. The molecule has 0 saturated carbocycles. The second-order valence-corrected chi connectivity index (χ2v) is 8.37. The molecule has 138 valence electrons. The zero-order valence-corrected chi connectivity index (χ0v) is 16.1. The van der Waals surface area contributed by atoms with E-state index in [-0.39, 0.29) is 17.1 Å². The van der Waals surface area contributed by atoms with Gasteiger partial charge in [-0.15, -0.1) is 0 Å². The molecule has 0 bridgehead atoms. The highest BCUT2D eigenvalue weighted by Crippen LogP contribution is 2.46. The predicted molar refractivity (Wildman–Crippen MR) is 106 cm³/mol. The zero-order chi connectivity index (χ0) is 18.5. The van der Waals surface area contributed by atoms with Gasteiger partial charge in [0.15, 0.2) is 5.78 Å². The lowest BCUT2D eigenvalue weighted by molar-refractivity contribution is 0.102. The van der Waals surface area contributed by atoms with Crippen LogP contribution in [0.25, 0.3) is 0 Å². The number of hydrogen-bond acceptors (Lipinski definition) is 2. The largest absolute Gasteiger partial charge is 0.387 e. The maximum Gasteiger partial charge on any atom is 0.191 e. The molecule has 3 N–H and O–H groups in total. The molecule has 26 heavy (non-hydrogen) atoms. The molecule has 1 aromatic heterocycles. The molecule has 1 aromatic rings. The van der Waals surface area contributed by atoms with Gasteiger partial charge in [0, 0.05) is 40.4 Å². The average molecular weight is 351 g/mol. The molecule has 0 fully saturated rings. The van der Waals surface area contributed by atoms with Crippen LogP contribution in [-0.4, -0.2) is 23.1 Å². The number of carbonyl (C=O) groups excluding carboxylic acids is 1. The number of Topliss-reactive ketones (excluding diaryl/α,β-unsaturated/α-hetero) is 1. The standard InChI is InChI=1S/C22H29N3O/c1-4-11-24-21(23)13-9-10-15-17(12-13)25-20-18(15)19(26)14-7-5-6-8-16(14)22(20,2)3/h6,8,13,25H,4-5,7,9-12H2,1-3H3,(H2,23,24). The van der Waals surface area contributed by atoms with E-state index in [9.17, 15) is 4.79 Å². The molecule has 0 amide bonds. The van der Waals surface area contributed by atoms with Gasteiger partial charge in [0.25, 0.3) is 0 Å². The number of rotatable bonds is 3. The van der Waals surface area contributed by atoms with E-state index in [1.807, 2.05) is 0 Å². The number of aliphatic imine (C=N–C) groups is 1. The Balaban J connectivity index is 1.74. The Morgan fingerprint density at radius 2 is 2.19 bits per heavy atom. The van der Waals surface area contributed by atoms with Crippen molar-refractivity contribution in [2.45, 2.75) is 64.7 Å². The molecular weight excluding hydrogens is 322 g/mol. The predicted octanol–water partition coefficient (Wildman–Crippen LogP) is 4.01. The quantitative estimate of drug-likeness (QED) is 0.638. The first-order valence-electron chi connectivity index (χ1n) is 9.94. The van der Waals surface area contributed by atoms with Gasteiger partial charge in [-0.05, 0) is 49.7 Å². The molecule has 4 heteroatoms. The maximum atomic E-state index is 13.3. The van der Waals surface area contributed by atoms with Crippen LogP contribution in [-0.2, 0) is 18.3 Å². The summed E-state index contributed by atoms with van der Waals surface area (Å²) in [4.78, 5) is 21.4. The van der Waals surface area contributed by atoms with Crippen molar-refractivity contribution in [2.24, 2.45) is 16.6 Å². The number of fused-ring (bicyclic) bond motifs is 3. The van der Waals surface area contributed by atoms with Crippen LogP contribution in [0.3, 0.4) is 0 Å². The average Bonchev–Trinajstić information content (AvgIpc) is 3.04. The van der Waals surface area contributed by atoms with Gasteiger partial charge in [0.2, 0.25) is 0 Å². The minimum absolute atomic E-state index is 0.149. The highest BCUT2D eigenvalue weighted by atomic mass is 16.1. The Morgan fingerprint density at radius 1 is 1.38 bits per heavy atom. The topological polar surface area (TPSA) is 71.2 Å². The minimum Gasteiger partial charge on any atom is -0.387 e. The van der Waals surface area contributed by atoms with Crippen molar-refractivity contribution in [1.82, 2.24) is 4.98 Å². The molecule has 4 rings (SSSR count). The molecule has 0 aromatic carbocycles. The monoisotopic (exact) mass is 351 g/mol. The molecule has 1 atom stereocenters. The van der Waals surface area contributed by atoms with Crippen LogP contribution in [0, 0.1) is 5.92 Å². The van der Waals surface area contributed by atoms with Gasteiger partial charge < -0.3 is 10.7 Å². The van der Waals surface area contributed by atoms with Gasteiger partial charge in [-0.2, -0.15) is 0 Å². The number of carbonyl (C=O) groups is 1. The highest BCUT2D eigenvalue weighted by Gasteiger charge is 2.42. The Hall–Kier alpha value is -2.10. The molecule has 4 nitrogen and oxygen atoms in total. The summed E-state index contributed by atoms with van der Waals surface area (Å²) in [5, 5.41) is 0. The summed E-state index contributed by atoms with van der Waals surface area (Å²) in [7, 11) is 0. The van der Waals surface area contributed by atoms with Gasteiger partial charge in [-0.3, -0.25) is 9.79 Å². The first-order chi connectivity index (χ1) is 12.4. The van der Waals surface area contributed by atoms with Gasteiger partial charge in [-0.1, -0.05) is 32.9 Å². The fraction of sp³-hybridized carbons (Fsp3) is 0.545.